The highest BCUT2D eigenvalue weighted by molar-refractivity contribution is 7.90. The van der Waals surface area contributed by atoms with E-state index in [0.29, 0.717) is 11.3 Å². The highest BCUT2D eigenvalue weighted by Crippen LogP contribution is 2.23. The Balaban J connectivity index is 0.000000357. The predicted molar refractivity (Wildman–Crippen MR) is 127 cm³/mol. The lowest BCUT2D eigenvalue weighted by atomic mass is 10.2. The molecule has 9 nitrogen and oxygen atoms in total. The number of sulfone groups is 1. The fourth-order valence-corrected chi connectivity index (χ4v) is 3.43. The van der Waals surface area contributed by atoms with Crippen molar-refractivity contribution in [2.24, 2.45) is 0 Å². The van der Waals surface area contributed by atoms with Crippen LogP contribution < -0.4 is 11.1 Å². The number of benzene rings is 2. The van der Waals surface area contributed by atoms with Gasteiger partial charge in [-0.05, 0) is 49.6 Å². The zero-order chi connectivity index (χ0) is 24.4. The summed E-state index contributed by atoms with van der Waals surface area (Å²) in [5.41, 5.74) is 8.37. The van der Waals surface area contributed by atoms with Gasteiger partial charge in [0.1, 0.15) is 11.4 Å². The minimum Gasteiger partial charge on any atom is -0.462 e. The molecule has 3 rings (SSSR count). The van der Waals surface area contributed by atoms with E-state index in [1.807, 2.05) is 30.3 Å². The Morgan fingerprint density at radius 2 is 1.88 bits per heavy atom. The van der Waals surface area contributed by atoms with Crippen LogP contribution in [0.15, 0.2) is 59.6 Å². The second-order valence-electron chi connectivity index (χ2n) is 7.05. The molecule has 0 aliphatic rings. The van der Waals surface area contributed by atoms with Crippen molar-refractivity contribution >= 4 is 33.3 Å². The topological polar surface area (TPSA) is 144 Å². The van der Waals surface area contributed by atoms with Gasteiger partial charge in [0.05, 0.1) is 11.5 Å². The van der Waals surface area contributed by atoms with Crippen LogP contribution in [0.5, 0.6) is 0 Å². The van der Waals surface area contributed by atoms with Gasteiger partial charge in [-0.15, -0.1) is 0 Å². The standard InChI is InChI=1S/C15H18N4O4S.C8H10O/c1-4-23-14(20)11-8-17-15(19-13(11)16)18-12-6-5-10(7-9(12)2)24(3,21)22;9-7-6-8-4-2-1-3-5-8/h5-8H,4H2,1-3H3,(H3,16,17,18,19);1-5,9H,6-7H2. The number of nitrogens with one attached hydrogen (secondary N) is 1. The van der Waals surface area contributed by atoms with E-state index < -0.39 is 15.8 Å². The summed E-state index contributed by atoms with van der Waals surface area (Å²) in [6.45, 7) is 3.91. The van der Waals surface area contributed by atoms with Crippen molar-refractivity contribution in [2.45, 2.75) is 25.2 Å². The van der Waals surface area contributed by atoms with E-state index in [4.69, 9.17) is 15.6 Å². The molecule has 10 heteroatoms. The molecule has 0 unspecified atom stereocenters. The zero-order valence-electron chi connectivity index (χ0n) is 18.8. The molecule has 176 valence electrons. The molecule has 0 saturated heterocycles. The van der Waals surface area contributed by atoms with E-state index >= 15 is 0 Å². The molecule has 0 spiro atoms. The maximum absolute atomic E-state index is 11.7. The number of carbonyl (C=O) groups is 1. The Hall–Kier alpha value is -3.50. The quantitative estimate of drug-likeness (QED) is 0.442. The first kappa shape index (κ1) is 25.8. The Bertz CT molecular complexity index is 1180. The third kappa shape index (κ3) is 7.85. The highest BCUT2D eigenvalue weighted by atomic mass is 32.2. The first-order chi connectivity index (χ1) is 15.7. The van der Waals surface area contributed by atoms with Crippen LogP contribution in [0.1, 0.15) is 28.4 Å². The first-order valence-electron chi connectivity index (χ1n) is 10.2. The number of nitrogen functional groups attached to an aromatic ring is 1. The second-order valence-corrected chi connectivity index (χ2v) is 9.06. The number of esters is 1. The number of nitrogens with zero attached hydrogens (tertiary/aromatic N) is 2. The first-order valence-corrected chi connectivity index (χ1v) is 12.1. The third-order valence-electron chi connectivity index (χ3n) is 4.43. The maximum Gasteiger partial charge on any atom is 0.343 e. The van der Waals surface area contributed by atoms with E-state index in [0.717, 1.165) is 12.7 Å². The maximum atomic E-state index is 11.7. The minimum absolute atomic E-state index is 0.00337. The molecule has 0 bridgehead atoms. The number of ether oxygens (including phenoxy) is 1. The van der Waals surface area contributed by atoms with E-state index in [1.165, 1.54) is 17.8 Å². The summed E-state index contributed by atoms with van der Waals surface area (Å²) < 4.78 is 28.0. The molecule has 0 aliphatic carbocycles. The normalized spacial score (nSPS) is 10.7. The summed E-state index contributed by atoms with van der Waals surface area (Å²) >= 11 is 0. The third-order valence-corrected chi connectivity index (χ3v) is 5.54. The molecule has 0 amide bonds. The van der Waals surface area contributed by atoms with Crippen LogP contribution in [0.4, 0.5) is 17.5 Å². The van der Waals surface area contributed by atoms with Gasteiger partial charge in [0.15, 0.2) is 9.84 Å². The summed E-state index contributed by atoms with van der Waals surface area (Å²) in [7, 11) is -3.27. The minimum atomic E-state index is -3.27. The summed E-state index contributed by atoms with van der Waals surface area (Å²) in [5, 5.41) is 11.5. The van der Waals surface area contributed by atoms with Crippen LogP contribution in [-0.4, -0.2) is 48.9 Å². The van der Waals surface area contributed by atoms with Crippen molar-refractivity contribution in [2.75, 3.05) is 30.5 Å². The largest absolute Gasteiger partial charge is 0.462 e. The van der Waals surface area contributed by atoms with Crippen LogP contribution in [0.25, 0.3) is 0 Å². The monoisotopic (exact) mass is 472 g/mol. The van der Waals surface area contributed by atoms with Crippen LogP contribution >= 0.6 is 0 Å². The number of anilines is 3. The number of aliphatic hydroxyl groups is 1. The number of aryl methyl sites for hydroxylation is 1. The van der Waals surface area contributed by atoms with Crippen LogP contribution in [-0.2, 0) is 21.0 Å². The van der Waals surface area contributed by atoms with Gasteiger partial charge in [0.25, 0.3) is 0 Å². The zero-order valence-corrected chi connectivity index (χ0v) is 19.6. The van der Waals surface area contributed by atoms with Gasteiger partial charge < -0.3 is 20.9 Å². The van der Waals surface area contributed by atoms with Gasteiger partial charge in [-0.25, -0.2) is 18.2 Å². The van der Waals surface area contributed by atoms with E-state index in [-0.39, 0.29) is 35.4 Å². The average molecular weight is 473 g/mol. The van der Waals surface area contributed by atoms with Gasteiger partial charge >= 0.3 is 5.97 Å². The Morgan fingerprint density at radius 3 is 2.42 bits per heavy atom. The van der Waals surface area contributed by atoms with Gasteiger partial charge in [0, 0.05) is 24.7 Å². The SMILES string of the molecule is CCOC(=O)c1cnc(Nc2ccc(S(C)(=O)=O)cc2C)nc1N.OCCc1ccccc1. The van der Waals surface area contributed by atoms with Crippen molar-refractivity contribution in [3.05, 3.63) is 71.4 Å². The van der Waals surface area contributed by atoms with E-state index in [1.54, 1.807) is 26.0 Å². The molecule has 4 N–H and O–H groups in total. The molecule has 33 heavy (non-hydrogen) atoms. The lowest BCUT2D eigenvalue weighted by Crippen LogP contribution is -2.11. The lowest BCUT2D eigenvalue weighted by molar-refractivity contribution is 0.0526. The summed E-state index contributed by atoms with van der Waals surface area (Å²) in [6, 6.07) is 14.6. The molecule has 0 saturated carbocycles. The van der Waals surface area contributed by atoms with Crippen molar-refractivity contribution in [1.82, 2.24) is 9.97 Å². The summed E-state index contributed by atoms with van der Waals surface area (Å²) in [5.74, 6) is -0.401. The highest BCUT2D eigenvalue weighted by Gasteiger charge is 2.14. The molecule has 2 aromatic carbocycles. The number of hydrogen-bond acceptors (Lipinski definition) is 9. The van der Waals surface area contributed by atoms with Crippen LogP contribution in [0.2, 0.25) is 0 Å². The number of rotatable bonds is 7. The van der Waals surface area contributed by atoms with Crippen molar-refractivity contribution in [1.29, 1.82) is 0 Å². The number of aromatic nitrogens is 2. The number of nitrogens with two attached hydrogens (primary N) is 1. The van der Waals surface area contributed by atoms with Gasteiger partial charge in [0.2, 0.25) is 5.95 Å². The molecule has 1 aromatic heterocycles. The van der Waals surface area contributed by atoms with Crippen LogP contribution in [0.3, 0.4) is 0 Å². The molecule has 1 heterocycles. The van der Waals surface area contributed by atoms with E-state index in [2.05, 4.69) is 15.3 Å². The van der Waals surface area contributed by atoms with E-state index in [9.17, 15) is 13.2 Å². The average Bonchev–Trinajstić information content (AvgIpc) is 2.76. The Labute approximate surface area is 193 Å². The fourth-order valence-electron chi connectivity index (χ4n) is 2.72. The molecule has 0 radical (unpaired) electrons. The molecular weight excluding hydrogens is 444 g/mol. The smallest absolute Gasteiger partial charge is 0.343 e. The van der Waals surface area contributed by atoms with Crippen LogP contribution in [0, 0.1) is 6.92 Å². The number of aliphatic hydroxyl groups excluding tert-OH is 1. The van der Waals surface area contributed by atoms with Gasteiger partial charge in [-0.2, -0.15) is 4.98 Å². The summed E-state index contributed by atoms with van der Waals surface area (Å²) in [6.07, 6.45) is 3.19. The van der Waals surface area contributed by atoms with Crippen molar-refractivity contribution < 1.29 is 23.1 Å². The predicted octanol–water partition coefficient (Wildman–Crippen LogP) is 2.91. The molecule has 3 aromatic rings. The van der Waals surface area contributed by atoms with Crippen molar-refractivity contribution in [3.63, 3.8) is 0 Å². The van der Waals surface area contributed by atoms with Gasteiger partial charge in [-0.3, -0.25) is 0 Å². The Morgan fingerprint density at radius 1 is 1.18 bits per heavy atom. The lowest BCUT2D eigenvalue weighted by Gasteiger charge is -2.11. The second kappa shape index (κ2) is 11.9. The van der Waals surface area contributed by atoms with Gasteiger partial charge in [-0.1, -0.05) is 30.3 Å². The summed E-state index contributed by atoms with van der Waals surface area (Å²) in [4.78, 5) is 19.9. The fraction of sp³-hybridized carbons (Fsp3) is 0.261. The molecule has 0 atom stereocenters. The Kier molecular flexibility index (Phi) is 9.31. The molecule has 0 aliphatic heterocycles. The molecule has 0 fully saturated rings. The van der Waals surface area contributed by atoms with Crippen molar-refractivity contribution in [3.8, 4) is 0 Å². The number of hydrogen-bond donors (Lipinski definition) is 3. The number of carbonyl (C=O) groups excluding carboxylic acids is 1. The molecular formula is C23H28N4O5S.